The number of hydrogen-bond acceptors (Lipinski definition) is 7. The fraction of sp³-hybridized carbons (Fsp3) is 0.661. The van der Waals surface area contributed by atoms with Gasteiger partial charge in [-0.3, -0.25) is 0 Å². The molecule has 4 heterocycles. The zero-order valence-corrected chi connectivity index (χ0v) is 53.5. The predicted octanol–water partition coefficient (Wildman–Crippen LogP) is 19.7. The molecular formula is C59H92O3S4Sn2. The van der Waals surface area contributed by atoms with Gasteiger partial charge in [-0.25, -0.2) is 0 Å². The first-order valence-electron chi connectivity index (χ1n) is 27.6. The number of thiophene rings is 4. The molecule has 0 N–H and O–H groups in total. The summed E-state index contributed by atoms with van der Waals surface area (Å²) in [4.78, 5) is 48.2. The fourth-order valence-electron chi connectivity index (χ4n) is 9.87. The Morgan fingerprint density at radius 3 is 1.35 bits per heavy atom. The molecule has 5 rings (SSSR count). The first-order valence-corrected chi connectivity index (χ1v) is 50.9. The molecule has 2 atom stereocenters. The van der Waals surface area contributed by atoms with Crippen molar-refractivity contribution in [3.63, 3.8) is 0 Å². The monoisotopic (exact) mass is 1220 g/mol. The minimum absolute atomic E-state index is 0.219. The summed E-state index contributed by atoms with van der Waals surface area (Å²) >= 11 is 1.94. The van der Waals surface area contributed by atoms with Gasteiger partial charge in [0.25, 0.3) is 0 Å². The standard InChI is InChI=1S/C53H74O3S4.6CH3.2Sn/c1-5-9-13-17-19-23-27-40(25-21-15-11-7-3)37-42-29-31-48(59-42)47(54)39-46-44-33-35-58-52(44)50(45-34-36-57-51(45)46)56-53(55)49-32-30-43(60-49)38-41(26-22-16-12-8-4)28-24-20-18-14-10-6-2;;;;;;;;/h29-34,40-41H,5-28,37-39H2,1-4H3;6*1H3;;. The second-order valence-corrected chi connectivity index (χ2v) is 57.8. The third kappa shape index (κ3) is 18.3. The van der Waals surface area contributed by atoms with E-state index in [4.69, 9.17) is 4.74 Å². The van der Waals surface area contributed by atoms with Crippen molar-refractivity contribution < 1.29 is 14.3 Å². The van der Waals surface area contributed by atoms with E-state index in [1.54, 1.807) is 22.7 Å². The van der Waals surface area contributed by atoms with Crippen LogP contribution in [0.3, 0.4) is 0 Å². The van der Waals surface area contributed by atoms with Crippen molar-refractivity contribution in [2.24, 2.45) is 11.8 Å². The average molecular weight is 1220 g/mol. The SMILES string of the molecule is CCCCCCCCC(CCCCCC)Cc1ccc(C(=O)Cc2c3c[c]([Sn]([CH3])([CH3])[CH3])sc3c(OC(=O)c3ccc(CC(CCCCCC)CCCCCCCC)s3)c3c[c]([Sn]([CH3])([CH3])[CH3])sc23)s1. The molecule has 0 aliphatic heterocycles. The molecule has 0 radical (unpaired) electrons. The van der Waals surface area contributed by atoms with Gasteiger partial charge in [-0.2, -0.15) is 0 Å². The van der Waals surface area contributed by atoms with Crippen LogP contribution in [0.25, 0.3) is 20.2 Å². The van der Waals surface area contributed by atoms with Crippen molar-refractivity contribution >= 4 is 120 Å². The van der Waals surface area contributed by atoms with Crippen molar-refractivity contribution in [2.45, 2.75) is 231 Å². The third-order valence-electron chi connectivity index (χ3n) is 14.2. The number of carbonyl (C=O) groups is 2. The van der Waals surface area contributed by atoms with E-state index in [1.807, 2.05) is 28.7 Å². The van der Waals surface area contributed by atoms with E-state index in [-0.39, 0.29) is 11.8 Å². The van der Waals surface area contributed by atoms with Crippen LogP contribution in [0.15, 0.2) is 36.4 Å². The van der Waals surface area contributed by atoms with E-state index < -0.39 is 36.8 Å². The fourth-order valence-corrected chi connectivity index (χ4v) is 24.7. The molecule has 0 aliphatic carbocycles. The normalized spacial score (nSPS) is 13.3. The Morgan fingerprint density at radius 2 is 0.882 bits per heavy atom. The van der Waals surface area contributed by atoms with Gasteiger partial charge in [-0.05, 0) is 0 Å². The number of unbranched alkanes of at least 4 members (excludes halogenated alkanes) is 16. The summed E-state index contributed by atoms with van der Waals surface area (Å²) in [5, 5.41) is 2.17. The van der Waals surface area contributed by atoms with Crippen LogP contribution in [0, 0.1) is 11.8 Å². The molecule has 3 nitrogen and oxygen atoms in total. The van der Waals surface area contributed by atoms with Crippen LogP contribution >= 0.6 is 45.3 Å². The molecular weight excluding hydrogens is 1120 g/mol. The van der Waals surface area contributed by atoms with Gasteiger partial charge in [0.1, 0.15) is 0 Å². The molecule has 0 saturated heterocycles. The van der Waals surface area contributed by atoms with Gasteiger partial charge in [0, 0.05) is 0 Å². The number of benzene rings is 1. The molecule has 0 spiro atoms. The van der Waals surface area contributed by atoms with Gasteiger partial charge < -0.3 is 0 Å². The Hall–Kier alpha value is -0.723. The van der Waals surface area contributed by atoms with Crippen LogP contribution in [0.2, 0.25) is 29.6 Å². The average Bonchev–Trinajstić information content (AvgIpc) is 4.14. The Labute approximate surface area is 439 Å². The van der Waals surface area contributed by atoms with Crippen molar-refractivity contribution in [1.82, 2.24) is 0 Å². The predicted molar refractivity (Wildman–Crippen MR) is 313 cm³/mol. The number of ketones is 1. The van der Waals surface area contributed by atoms with Crippen LogP contribution in [-0.2, 0) is 19.3 Å². The van der Waals surface area contributed by atoms with Crippen LogP contribution in [0.4, 0.5) is 0 Å². The van der Waals surface area contributed by atoms with Gasteiger partial charge in [0.2, 0.25) is 0 Å². The molecule has 0 bridgehead atoms. The van der Waals surface area contributed by atoms with Gasteiger partial charge in [0.15, 0.2) is 0 Å². The summed E-state index contributed by atoms with van der Waals surface area (Å²) in [5.74, 6) is 2.07. The first kappa shape index (κ1) is 58.2. The van der Waals surface area contributed by atoms with Crippen molar-refractivity contribution in [2.75, 3.05) is 0 Å². The van der Waals surface area contributed by atoms with E-state index in [1.165, 1.54) is 170 Å². The van der Waals surface area contributed by atoms with Gasteiger partial charge >= 0.3 is 288 Å². The molecule has 4 aromatic heterocycles. The number of fused-ring (bicyclic) bond motifs is 2. The van der Waals surface area contributed by atoms with Gasteiger partial charge in [-0.15, -0.1) is 0 Å². The van der Waals surface area contributed by atoms with E-state index in [9.17, 15) is 9.59 Å². The molecule has 0 saturated carbocycles. The second kappa shape index (κ2) is 29.8. The summed E-state index contributed by atoms with van der Waals surface area (Å²) in [6, 6.07) is 13.4. The second-order valence-electron chi connectivity index (χ2n) is 22.5. The molecule has 0 aliphatic rings. The number of carbonyl (C=O) groups excluding carboxylic acids is 2. The topological polar surface area (TPSA) is 43.4 Å². The van der Waals surface area contributed by atoms with Crippen LogP contribution < -0.4 is 10.5 Å². The van der Waals surface area contributed by atoms with Gasteiger partial charge in [0.05, 0.1) is 0 Å². The number of rotatable bonds is 35. The number of ether oxygens (including phenoxy) is 1. The maximum absolute atomic E-state index is 14.6. The molecule has 9 heteroatoms. The zero-order valence-electron chi connectivity index (χ0n) is 44.6. The number of esters is 1. The van der Waals surface area contributed by atoms with E-state index >= 15 is 0 Å². The van der Waals surface area contributed by atoms with E-state index in [2.05, 4.69) is 87.7 Å². The molecule has 68 heavy (non-hydrogen) atoms. The van der Waals surface area contributed by atoms with Crippen LogP contribution in [-0.4, -0.2) is 48.5 Å². The molecule has 0 amide bonds. The zero-order chi connectivity index (χ0) is 49.1. The summed E-state index contributed by atoms with van der Waals surface area (Å²) < 4.78 is 11.8. The molecule has 378 valence electrons. The quantitative estimate of drug-likeness (QED) is 0.0133. The number of hydrogen-bond donors (Lipinski definition) is 0. The molecule has 2 unspecified atom stereocenters. The minimum atomic E-state index is -2.59. The molecule has 1 aromatic carbocycles. The first-order chi connectivity index (χ1) is 32.7. The maximum atomic E-state index is 14.6. The Morgan fingerprint density at radius 1 is 0.485 bits per heavy atom. The third-order valence-corrected chi connectivity index (χ3v) is 37.6. The van der Waals surface area contributed by atoms with Crippen molar-refractivity contribution in [3.05, 3.63) is 61.5 Å². The molecule has 5 aromatic rings. The Bertz CT molecular complexity index is 2050. The van der Waals surface area contributed by atoms with Crippen LogP contribution in [0.5, 0.6) is 5.75 Å². The molecule has 0 fully saturated rings. The van der Waals surface area contributed by atoms with Crippen molar-refractivity contribution in [3.8, 4) is 5.75 Å². The Kier molecular flexibility index (Phi) is 25.5. The van der Waals surface area contributed by atoms with E-state index in [0.29, 0.717) is 23.1 Å². The van der Waals surface area contributed by atoms with Gasteiger partial charge in [-0.1, -0.05) is 156 Å². The summed E-state index contributed by atoms with van der Waals surface area (Å²) in [6.45, 7) is 9.19. The van der Waals surface area contributed by atoms with Crippen LogP contribution in [0.1, 0.15) is 216 Å². The Balaban J connectivity index is 1.41. The number of Topliss-reactive ketones (excluding diaryl/α,β-unsaturated/α-hetero) is 1. The summed E-state index contributed by atoms with van der Waals surface area (Å²) in [6.07, 6.45) is 34.2. The summed E-state index contributed by atoms with van der Waals surface area (Å²) in [5.41, 5.74) is 1.14. The van der Waals surface area contributed by atoms with E-state index in [0.717, 1.165) is 49.2 Å². The van der Waals surface area contributed by atoms with Crippen molar-refractivity contribution in [1.29, 1.82) is 0 Å². The summed E-state index contributed by atoms with van der Waals surface area (Å²) in [7, 11) is 0.